The molecule has 176 valence electrons. The second-order valence-electron chi connectivity index (χ2n) is 8.30. The van der Waals surface area contributed by atoms with Gasteiger partial charge in [0.1, 0.15) is 22.7 Å². The molecule has 0 fully saturated rings. The van der Waals surface area contributed by atoms with Crippen molar-refractivity contribution in [3.05, 3.63) is 102 Å². The fourth-order valence-electron chi connectivity index (χ4n) is 4.18. The van der Waals surface area contributed by atoms with Crippen molar-refractivity contribution in [1.29, 1.82) is 0 Å². The molecule has 4 N–H and O–H groups in total. The fourth-order valence-corrected chi connectivity index (χ4v) is 4.18. The van der Waals surface area contributed by atoms with Crippen molar-refractivity contribution in [3.63, 3.8) is 0 Å². The minimum atomic E-state index is -0.424. The van der Waals surface area contributed by atoms with Crippen molar-refractivity contribution in [2.75, 3.05) is 5.73 Å². The molecule has 0 aliphatic carbocycles. The molecular formula is C27H20FN7O. The molecule has 8 nitrogen and oxygen atoms in total. The number of hydrogen-bond donors (Lipinski definition) is 3. The Morgan fingerprint density at radius 3 is 2.56 bits per heavy atom. The normalized spacial score (nSPS) is 11.7. The number of nitrogens with one attached hydrogen (secondary N) is 2. The molecule has 0 saturated heterocycles. The van der Waals surface area contributed by atoms with Crippen LogP contribution in [0, 0.1) is 5.82 Å². The molecule has 36 heavy (non-hydrogen) atoms. The highest BCUT2D eigenvalue weighted by molar-refractivity contribution is 6.11. The molecule has 3 heterocycles. The number of fused-ring (bicyclic) bond motifs is 3. The van der Waals surface area contributed by atoms with E-state index in [2.05, 4.69) is 20.4 Å². The van der Waals surface area contributed by atoms with E-state index in [1.165, 1.54) is 16.8 Å². The number of hydrogen-bond acceptors (Lipinski definition) is 5. The Kier molecular flexibility index (Phi) is 5.15. The van der Waals surface area contributed by atoms with Crippen LogP contribution in [0.15, 0.2) is 84.1 Å². The summed E-state index contributed by atoms with van der Waals surface area (Å²) in [5.74, 6) is -0.645. The molecule has 0 saturated carbocycles. The van der Waals surface area contributed by atoms with Gasteiger partial charge in [-0.1, -0.05) is 42.5 Å². The Morgan fingerprint density at radius 2 is 1.75 bits per heavy atom. The highest BCUT2D eigenvalue weighted by atomic mass is 19.1. The molecule has 9 heteroatoms. The third-order valence-corrected chi connectivity index (χ3v) is 6.00. The monoisotopic (exact) mass is 477 g/mol. The molecule has 0 aliphatic heterocycles. The lowest BCUT2D eigenvalue weighted by atomic mass is 10.2. The summed E-state index contributed by atoms with van der Waals surface area (Å²) in [6.07, 6.45) is 3.53. The Balaban J connectivity index is 1.44. The van der Waals surface area contributed by atoms with Gasteiger partial charge in [0.05, 0.1) is 17.2 Å². The number of aromatic amines is 1. The first kappa shape index (κ1) is 21.5. The number of carbonyl (C=O) groups excluding carboxylic acids is 1. The van der Waals surface area contributed by atoms with E-state index in [4.69, 9.17) is 10.7 Å². The quantitative estimate of drug-likeness (QED) is 0.315. The Labute approximate surface area is 204 Å². The zero-order chi connectivity index (χ0) is 24.6. The summed E-state index contributed by atoms with van der Waals surface area (Å²) in [6, 6.07) is 21.2. The largest absolute Gasteiger partial charge is 0.383 e. The molecule has 3 aromatic heterocycles. The average molecular weight is 478 g/mol. The van der Waals surface area contributed by atoms with Gasteiger partial charge >= 0.3 is 0 Å². The molecule has 0 aliphatic rings. The van der Waals surface area contributed by atoms with Gasteiger partial charge in [-0.25, -0.2) is 14.4 Å². The standard InChI is InChI=1S/C27H20FN7O/c28-18-11-9-16(10-12-18)13-31-27(36)23-24-26(34-22-8-4-3-7-21(22)33-24)35(25(23)29)32-15-17-14-30-20-6-2-1-5-19(17)20/h1-12,14-15,30H,13,29H2,(H,31,36)/b32-15-. The second kappa shape index (κ2) is 8.62. The van der Waals surface area contributed by atoms with Crippen LogP contribution in [0.1, 0.15) is 21.5 Å². The van der Waals surface area contributed by atoms with E-state index in [-0.39, 0.29) is 23.7 Å². The molecular weight excluding hydrogens is 457 g/mol. The zero-order valence-corrected chi connectivity index (χ0v) is 18.9. The number of carbonyl (C=O) groups is 1. The summed E-state index contributed by atoms with van der Waals surface area (Å²) in [4.78, 5) is 25.9. The molecule has 1 amide bonds. The van der Waals surface area contributed by atoms with E-state index in [0.29, 0.717) is 22.2 Å². The van der Waals surface area contributed by atoms with Crippen LogP contribution in [0.4, 0.5) is 10.2 Å². The van der Waals surface area contributed by atoms with Crippen LogP contribution in [0.25, 0.3) is 33.1 Å². The number of amides is 1. The minimum absolute atomic E-state index is 0.119. The maximum absolute atomic E-state index is 13.3. The first-order valence-electron chi connectivity index (χ1n) is 11.3. The number of halogens is 1. The van der Waals surface area contributed by atoms with Gasteiger partial charge in [-0.05, 0) is 35.9 Å². The molecule has 0 unspecified atom stereocenters. The van der Waals surface area contributed by atoms with Gasteiger partial charge in [0.25, 0.3) is 5.91 Å². The maximum atomic E-state index is 13.3. The second-order valence-corrected chi connectivity index (χ2v) is 8.30. The summed E-state index contributed by atoms with van der Waals surface area (Å²) in [7, 11) is 0. The molecule has 0 bridgehead atoms. The van der Waals surface area contributed by atoms with Gasteiger partial charge in [-0.15, -0.1) is 0 Å². The topological polar surface area (TPSA) is 114 Å². The lowest BCUT2D eigenvalue weighted by Gasteiger charge is -2.06. The van der Waals surface area contributed by atoms with Crippen LogP contribution in [-0.2, 0) is 6.54 Å². The summed E-state index contributed by atoms with van der Waals surface area (Å²) in [5, 5.41) is 8.44. The number of nitrogens with two attached hydrogens (primary N) is 1. The van der Waals surface area contributed by atoms with Crippen LogP contribution in [0.3, 0.4) is 0 Å². The van der Waals surface area contributed by atoms with Crippen molar-refractivity contribution < 1.29 is 9.18 Å². The smallest absolute Gasteiger partial charge is 0.257 e. The van der Waals surface area contributed by atoms with Crippen molar-refractivity contribution >= 4 is 51.0 Å². The van der Waals surface area contributed by atoms with Gasteiger partial charge in [0.15, 0.2) is 5.65 Å². The lowest BCUT2D eigenvalue weighted by molar-refractivity contribution is 0.0953. The van der Waals surface area contributed by atoms with E-state index in [0.717, 1.165) is 22.0 Å². The fraction of sp³-hybridized carbons (Fsp3) is 0.0370. The number of H-pyrrole nitrogens is 1. The summed E-state index contributed by atoms with van der Waals surface area (Å²) in [5.41, 5.74) is 11.3. The van der Waals surface area contributed by atoms with Crippen molar-refractivity contribution in [3.8, 4) is 0 Å². The van der Waals surface area contributed by atoms with Gasteiger partial charge in [-0.2, -0.15) is 9.78 Å². The van der Waals surface area contributed by atoms with E-state index in [9.17, 15) is 9.18 Å². The summed E-state index contributed by atoms with van der Waals surface area (Å²) >= 11 is 0. The molecule has 3 aromatic carbocycles. The average Bonchev–Trinajstić information content (AvgIpc) is 3.43. The molecule has 0 spiro atoms. The van der Waals surface area contributed by atoms with Crippen LogP contribution < -0.4 is 11.1 Å². The van der Waals surface area contributed by atoms with Gasteiger partial charge in [-0.3, -0.25) is 4.79 Å². The Hall–Kier alpha value is -5.05. The number of nitrogens with zero attached hydrogens (tertiary/aromatic N) is 4. The van der Waals surface area contributed by atoms with Crippen LogP contribution in [-0.4, -0.2) is 31.7 Å². The van der Waals surface area contributed by atoms with Crippen molar-refractivity contribution in [2.45, 2.75) is 6.54 Å². The SMILES string of the molecule is Nc1c(C(=O)NCc2ccc(F)cc2)c2nc3ccccc3nc2n1/N=C\c1c[nH]c2ccccc12. The minimum Gasteiger partial charge on any atom is -0.383 e. The Bertz CT molecular complexity index is 1780. The van der Waals surface area contributed by atoms with Crippen molar-refractivity contribution in [1.82, 2.24) is 24.9 Å². The van der Waals surface area contributed by atoms with Crippen LogP contribution in [0.2, 0.25) is 0 Å². The predicted octanol–water partition coefficient (Wildman–Crippen LogP) is 4.60. The predicted molar refractivity (Wildman–Crippen MR) is 138 cm³/mol. The third kappa shape index (κ3) is 3.72. The van der Waals surface area contributed by atoms with E-state index in [1.54, 1.807) is 18.3 Å². The van der Waals surface area contributed by atoms with E-state index < -0.39 is 5.91 Å². The molecule has 6 rings (SSSR count). The highest BCUT2D eigenvalue weighted by Gasteiger charge is 2.24. The van der Waals surface area contributed by atoms with E-state index in [1.807, 2.05) is 54.7 Å². The third-order valence-electron chi connectivity index (χ3n) is 6.00. The first-order valence-corrected chi connectivity index (χ1v) is 11.3. The van der Waals surface area contributed by atoms with Crippen LogP contribution >= 0.6 is 0 Å². The maximum Gasteiger partial charge on any atom is 0.257 e. The molecule has 6 aromatic rings. The van der Waals surface area contributed by atoms with Gasteiger partial charge in [0, 0.05) is 29.2 Å². The number of rotatable bonds is 5. The number of para-hydroxylation sites is 3. The van der Waals surface area contributed by atoms with Gasteiger partial charge < -0.3 is 16.0 Å². The number of aromatic nitrogens is 4. The Morgan fingerprint density at radius 1 is 1.03 bits per heavy atom. The van der Waals surface area contributed by atoms with Crippen LogP contribution in [0.5, 0.6) is 0 Å². The number of benzene rings is 3. The zero-order valence-electron chi connectivity index (χ0n) is 18.9. The number of anilines is 1. The first-order chi connectivity index (χ1) is 17.6. The molecule has 0 radical (unpaired) electrons. The lowest BCUT2D eigenvalue weighted by Crippen LogP contribution is -2.23. The van der Waals surface area contributed by atoms with E-state index >= 15 is 0 Å². The number of nitrogen functional groups attached to an aromatic ring is 1. The highest BCUT2D eigenvalue weighted by Crippen LogP contribution is 2.28. The molecule has 0 atom stereocenters. The summed E-state index contributed by atoms with van der Waals surface area (Å²) in [6.45, 7) is 0.199. The summed E-state index contributed by atoms with van der Waals surface area (Å²) < 4.78 is 14.7. The van der Waals surface area contributed by atoms with Crippen molar-refractivity contribution in [2.24, 2.45) is 5.10 Å². The van der Waals surface area contributed by atoms with Gasteiger partial charge in [0.2, 0.25) is 0 Å².